The second-order valence-corrected chi connectivity index (χ2v) is 3.81. The molecule has 0 bridgehead atoms. The minimum absolute atomic E-state index is 0.0727. The molecule has 5 heteroatoms. The molecule has 1 rings (SSSR count). The standard InChI is InChI=1S/C12H16F3NO/c1-9(16-8-7-12(13,14)15)10-3-5-11(17-2)6-4-10/h3-6,9,16H,7-8H2,1-2H3. The summed E-state index contributed by atoms with van der Waals surface area (Å²) in [7, 11) is 1.57. The van der Waals surface area contributed by atoms with E-state index in [4.69, 9.17) is 4.74 Å². The van der Waals surface area contributed by atoms with Gasteiger partial charge in [-0.05, 0) is 24.6 Å². The van der Waals surface area contributed by atoms with Crippen LogP contribution < -0.4 is 10.1 Å². The molecule has 1 aromatic rings. The lowest BCUT2D eigenvalue weighted by molar-refractivity contribution is -0.133. The van der Waals surface area contributed by atoms with Gasteiger partial charge in [0.25, 0.3) is 0 Å². The lowest BCUT2D eigenvalue weighted by Gasteiger charge is -2.15. The van der Waals surface area contributed by atoms with Crippen LogP contribution in [0.3, 0.4) is 0 Å². The molecule has 0 spiro atoms. The molecule has 0 heterocycles. The first-order chi connectivity index (χ1) is 7.92. The van der Waals surface area contributed by atoms with E-state index in [2.05, 4.69) is 5.32 Å². The molecule has 0 saturated carbocycles. The smallest absolute Gasteiger partial charge is 0.390 e. The molecule has 1 unspecified atom stereocenters. The number of benzene rings is 1. The van der Waals surface area contributed by atoms with Crippen molar-refractivity contribution in [1.82, 2.24) is 5.32 Å². The Balaban J connectivity index is 2.43. The molecule has 0 aliphatic heterocycles. The number of methoxy groups -OCH3 is 1. The third-order valence-corrected chi connectivity index (χ3v) is 2.47. The number of alkyl halides is 3. The van der Waals surface area contributed by atoms with Crippen LogP contribution in [-0.4, -0.2) is 19.8 Å². The van der Waals surface area contributed by atoms with Crippen LogP contribution in [0.4, 0.5) is 13.2 Å². The van der Waals surface area contributed by atoms with E-state index in [0.29, 0.717) is 0 Å². The van der Waals surface area contributed by atoms with Gasteiger partial charge in [0.1, 0.15) is 5.75 Å². The number of hydrogen-bond acceptors (Lipinski definition) is 2. The van der Waals surface area contributed by atoms with E-state index in [1.165, 1.54) is 0 Å². The molecule has 2 nitrogen and oxygen atoms in total. The van der Waals surface area contributed by atoms with E-state index in [0.717, 1.165) is 11.3 Å². The average Bonchev–Trinajstić information content (AvgIpc) is 2.27. The summed E-state index contributed by atoms with van der Waals surface area (Å²) in [4.78, 5) is 0. The number of nitrogens with one attached hydrogen (secondary N) is 1. The van der Waals surface area contributed by atoms with E-state index < -0.39 is 12.6 Å². The summed E-state index contributed by atoms with van der Waals surface area (Å²) in [5, 5.41) is 2.83. The molecule has 0 radical (unpaired) electrons. The molecular formula is C12H16F3NO. The SMILES string of the molecule is COc1ccc(C(C)NCCC(F)(F)F)cc1. The first kappa shape index (κ1) is 13.8. The lowest BCUT2D eigenvalue weighted by Crippen LogP contribution is -2.24. The highest BCUT2D eigenvalue weighted by Crippen LogP contribution is 2.20. The molecule has 0 aliphatic carbocycles. The molecule has 0 aliphatic rings. The normalized spacial score (nSPS) is 13.5. The van der Waals surface area contributed by atoms with Crippen LogP contribution in [-0.2, 0) is 0 Å². The monoisotopic (exact) mass is 247 g/mol. The molecule has 1 aromatic carbocycles. The van der Waals surface area contributed by atoms with Crippen LogP contribution in [0.2, 0.25) is 0 Å². The molecule has 1 N–H and O–H groups in total. The van der Waals surface area contributed by atoms with Crippen LogP contribution >= 0.6 is 0 Å². The molecule has 0 aromatic heterocycles. The van der Waals surface area contributed by atoms with Gasteiger partial charge in [-0.1, -0.05) is 12.1 Å². The Morgan fingerprint density at radius 3 is 2.29 bits per heavy atom. The van der Waals surface area contributed by atoms with Crippen molar-refractivity contribution in [1.29, 1.82) is 0 Å². The first-order valence-electron chi connectivity index (χ1n) is 5.36. The van der Waals surface area contributed by atoms with Gasteiger partial charge in [0.2, 0.25) is 0 Å². The zero-order chi connectivity index (χ0) is 12.9. The van der Waals surface area contributed by atoms with Crippen molar-refractivity contribution >= 4 is 0 Å². The van der Waals surface area contributed by atoms with E-state index in [9.17, 15) is 13.2 Å². The Hall–Kier alpha value is -1.23. The van der Waals surface area contributed by atoms with Gasteiger partial charge in [0, 0.05) is 12.6 Å². The molecule has 0 amide bonds. The molecule has 1 atom stereocenters. The Bertz CT molecular complexity index is 335. The van der Waals surface area contributed by atoms with Gasteiger partial charge in [-0.2, -0.15) is 13.2 Å². The fourth-order valence-electron chi connectivity index (χ4n) is 1.44. The van der Waals surface area contributed by atoms with E-state index in [-0.39, 0.29) is 12.6 Å². The maximum Gasteiger partial charge on any atom is 0.390 e. The third-order valence-electron chi connectivity index (χ3n) is 2.47. The Kier molecular flexibility index (Phi) is 4.81. The van der Waals surface area contributed by atoms with Crippen molar-refractivity contribution in [2.24, 2.45) is 0 Å². The molecule has 0 saturated heterocycles. The summed E-state index contributed by atoms with van der Waals surface area (Å²) in [5.41, 5.74) is 0.938. The Labute approximate surface area is 98.8 Å². The van der Waals surface area contributed by atoms with Crippen molar-refractivity contribution in [3.05, 3.63) is 29.8 Å². The largest absolute Gasteiger partial charge is 0.497 e. The Morgan fingerprint density at radius 1 is 1.24 bits per heavy atom. The molecule has 17 heavy (non-hydrogen) atoms. The number of hydrogen-bond donors (Lipinski definition) is 1. The van der Waals surface area contributed by atoms with Gasteiger partial charge in [-0.15, -0.1) is 0 Å². The third kappa shape index (κ3) is 5.08. The van der Waals surface area contributed by atoms with Crippen LogP contribution in [0.25, 0.3) is 0 Å². The van der Waals surface area contributed by atoms with Gasteiger partial charge in [-0.25, -0.2) is 0 Å². The van der Waals surface area contributed by atoms with Crippen molar-refractivity contribution in [3.63, 3.8) is 0 Å². The summed E-state index contributed by atoms with van der Waals surface area (Å²) in [5.74, 6) is 0.733. The van der Waals surface area contributed by atoms with Gasteiger partial charge in [-0.3, -0.25) is 0 Å². The van der Waals surface area contributed by atoms with Crippen molar-refractivity contribution in [3.8, 4) is 5.75 Å². The lowest BCUT2D eigenvalue weighted by atomic mass is 10.1. The summed E-state index contributed by atoms with van der Waals surface area (Å²) in [6.07, 6.45) is -4.92. The number of halogens is 3. The van der Waals surface area contributed by atoms with Crippen LogP contribution in [0.5, 0.6) is 5.75 Å². The van der Waals surface area contributed by atoms with Crippen molar-refractivity contribution < 1.29 is 17.9 Å². The quantitative estimate of drug-likeness (QED) is 0.862. The molecule has 0 fully saturated rings. The maximum absolute atomic E-state index is 12.0. The summed E-state index contributed by atoms with van der Waals surface area (Å²) < 4.78 is 40.9. The second kappa shape index (κ2) is 5.91. The second-order valence-electron chi connectivity index (χ2n) is 3.81. The first-order valence-corrected chi connectivity index (χ1v) is 5.36. The van der Waals surface area contributed by atoms with E-state index in [1.54, 1.807) is 19.2 Å². The van der Waals surface area contributed by atoms with E-state index in [1.807, 2.05) is 19.1 Å². The number of ether oxygens (including phenoxy) is 1. The van der Waals surface area contributed by atoms with Gasteiger partial charge in [0.15, 0.2) is 0 Å². The van der Waals surface area contributed by atoms with Gasteiger partial charge in [0.05, 0.1) is 13.5 Å². The molecular weight excluding hydrogens is 231 g/mol. The van der Waals surface area contributed by atoms with Gasteiger partial charge >= 0.3 is 6.18 Å². The highest BCUT2D eigenvalue weighted by molar-refractivity contribution is 5.28. The van der Waals surface area contributed by atoms with Crippen LogP contribution in [0.15, 0.2) is 24.3 Å². The van der Waals surface area contributed by atoms with Crippen LogP contribution in [0, 0.1) is 0 Å². The zero-order valence-corrected chi connectivity index (χ0v) is 9.84. The van der Waals surface area contributed by atoms with Gasteiger partial charge < -0.3 is 10.1 Å². The highest BCUT2D eigenvalue weighted by atomic mass is 19.4. The van der Waals surface area contributed by atoms with Crippen LogP contribution in [0.1, 0.15) is 24.9 Å². The van der Waals surface area contributed by atoms with Crippen molar-refractivity contribution in [2.45, 2.75) is 25.6 Å². The topological polar surface area (TPSA) is 21.3 Å². The summed E-state index contributed by atoms with van der Waals surface area (Å²) in [6.45, 7) is 1.76. The molecule has 96 valence electrons. The maximum atomic E-state index is 12.0. The number of rotatable bonds is 5. The zero-order valence-electron chi connectivity index (χ0n) is 9.84. The highest BCUT2D eigenvalue weighted by Gasteiger charge is 2.26. The van der Waals surface area contributed by atoms with Crippen molar-refractivity contribution in [2.75, 3.05) is 13.7 Å². The predicted molar refractivity (Wildman–Crippen MR) is 60.1 cm³/mol. The van der Waals surface area contributed by atoms with E-state index >= 15 is 0 Å². The average molecular weight is 247 g/mol. The Morgan fingerprint density at radius 2 is 1.82 bits per heavy atom. The minimum atomic E-state index is -4.10. The fourth-order valence-corrected chi connectivity index (χ4v) is 1.44. The summed E-state index contributed by atoms with van der Waals surface area (Å²) in [6, 6.07) is 7.14. The predicted octanol–water partition coefficient (Wildman–Crippen LogP) is 3.30. The summed E-state index contributed by atoms with van der Waals surface area (Å²) >= 11 is 0. The minimum Gasteiger partial charge on any atom is -0.497 e. The fraction of sp³-hybridized carbons (Fsp3) is 0.500.